The molecule has 1 heterocycles. The maximum Gasteiger partial charge on any atom is 0.142 e. The van der Waals surface area contributed by atoms with Gasteiger partial charge in [0.25, 0.3) is 0 Å². The van der Waals surface area contributed by atoms with Gasteiger partial charge in [-0.15, -0.1) is 0 Å². The van der Waals surface area contributed by atoms with Crippen molar-refractivity contribution < 1.29 is 9.13 Å². The molecule has 0 radical (unpaired) electrons. The first-order valence-electron chi connectivity index (χ1n) is 6.66. The van der Waals surface area contributed by atoms with Crippen LogP contribution in [0, 0.1) is 12.7 Å². The average Bonchev–Trinajstić information content (AvgIpc) is 2.47. The second-order valence-corrected chi connectivity index (χ2v) is 4.71. The van der Waals surface area contributed by atoms with Crippen molar-refractivity contribution >= 4 is 5.69 Å². The number of benzene rings is 1. The quantitative estimate of drug-likeness (QED) is 0.891. The molecule has 1 atom stereocenters. The molecule has 20 heavy (non-hydrogen) atoms. The Labute approximate surface area is 118 Å². The number of aromatic nitrogens is 1. The van der Waals surface area contributed by atoms with Gasteiger partial charge in [0.15, 0.2) is 0 Å². The van der Waals surface area contributed by atoms with Gasteiger partial charge in [-0.25, -0.2) is 4.39 Å². The molecule has 1 N–H and O–H groups in total. The van der Waals surface area contributed by atoms with E-state index in [0.717, 1.165) is 29.1 Å². The van der Waals surface area contributed by atoms with Gasteiger partial charge < -0.3 is 10.1 Å². The Morgan fingerprint density at radius 2 is 2.10 bits per heavy atom. The fraction of sp³-hybridized carbons (Fsp3) is 0.312. The molecule has 0 saturated heterocycles. The number of rotatable bonds is 5. The number of nitrogens with one attached hydrogen (secondary N) is 1. The third kappa shape index (κ3) is 3.26. The molecule has 4 heteroatoms. The topological polar surface area (TPSA) is 34.1 Å². The lowest BCUT2D eigenvalue weighted by atomic mass is 10.1. The summed E-state index contributed by atoms with van der Waals surface area (Å²) in [6, 6.07) is 9.14. The SMILES string of the molecule is CCC(Nc1ccc(C)cc1OC)c1ccc(F)cn1. The predicted molar refractivity (Wildman–Crippen MR) is 78.6 cm³/mol. The fourth-order valence-electron chi connectivity index (χ4n) is 2.08. The zero-order valence-corrected chi connectivity index (χ0v) is 12.0. The number of aryl methyl sites for hydroxylation is 1. The molecule has 2 aromatic rings. The smallest absolute Gasteiger partial charge is 0.142 e. The van der Waals surface area contributed by atoms with Crippen molar-refractivity contribution in [2.75, 3.05) is 12.4 Å². The predicted octanol–water partition coefficient (Wildman–Crippen LogP) is 4.10. The third-order valence-electron chi connectivity index (χ3n) is 3.20. The molecule has 1 unspecified atom stereocenters. The van der Waals surface area contributed by atoms with Crippen LogP contribution >= 0.6 is 0 Å². The van der Waals surface area contributed by atoms with Crippen molar-refractivity contribution in [2.24, 2.45) is 0 Å². The molecule has 0 spiro atoms. The maximum atomic E-state index is 12.9. The molecule has 106 valence electrons. The zero-order chi connectivity index (χ0) is 14.5. The summed E-state index contributed by atoms with van der Waals surface area (Å²) in [7, 11) is 1.65. The zero-order valence-electron chi connectivity index (χ0n) is 12.0. The lowest BCUT2D eigenvalue weighted by molar-refractivity contribution is 0.415. The Morgan fingerprint density at radius 1 is 1.30 bits per heavy atom. The Kier molecular flexibility index (Phi) is 4.56. The van der Waals surface area contributed by atoms with Gasteiger partial charge in [-0.1, -0.05) is 13.0 Å². The molecule has 0 amide bonds. The first kappa shape index (κ1) is 14.3. The highest BCUT2D eigenvalue weighted by Gasteiger charge is 2.13. The second-order valence-electron chi connectivity index (χ2n) is 4.71. The van der Waals surface area contributed by atoms with Gasteiger partial charge in [-0.3, -0.25) is 4.98 Å². The van der Waals surface area contributed by atoms with Crippen LogP contribution in [0.4, 0.5) is 10.1 Å². The van der Waals surface area contributed by atoms with E-state index in [0.29, 0.717) is 0 Å². The summed E-state index contributed by atoms with van der Waals surface area (Å²) in [4.78, 5) is 4.14. The van der Waals surface area contributed by atoms with Crippen molar-refractivity contribution in [3.63, 3.8) is 0 Å². The van der Waals surface area contributed by atoms with E-state index in [4.69, 9.17) is 4.74 Å². The lowest BCUT2D eigenvalue weighted by Crippen LogP contribution is -2.12. The first-order valence-corrected chi connectivity index (χ1v) is 6.66. The highest BCUT2D eigenvalue weighted by molar-refractivity contribution is 5.58. The molecule has 0 aliphatic rings. The Bertz CT molecular complexity index is 569. The van der Waals surface area contributed by atoms with Gasteiger partial charge in [0, 0.05) is 0 Å². The normalized spacial score (nSPS) is 12.0. The van der Waals surface area contributed by atoms with E-state index in [9.17, 15) is 4.39 Å². The number of nitrogens with zero attached hydrogens (tertiary/aromatic N) is 1. The third-order valence-corrected chi connectivity index (χ3v) is 3.20. The van der Waals surface area contributed by atoms with E-state index in [1.807, 2.05) is 25.1 Å². The van der Waals surface area contributed by atoms with E-state index < -0.39 is 0 Å². The molecular formula is C16H19FN2O. The maximum absolute atomic E-state index is 12.9. The molecule has 3 nitrogen and oxygen atoms in total. The molecule has 2 rings (SSSR count). The van der Waals surface area contributed by atoms with Gasteiger partial charge in [0.2, 0.25) is 0 Å². The van der Waals surface area contributed by atoms with E-state index in [1.165, 1.54) is 12.3 Å². The Hall–Kier alpha value is -2.10. The highest BCUT2D eigenvalue weighted by Crippen LogP contribution is 2.29. The minimum atomic E-state index is -0.323. The summed E-state index contributed by atoms with van der Waals surface area (Å²) >= 11 is 0. The summed E-state index contributed by atoms with van der Waals surface area (Å²) in [5.74, 6) is 0.474. The van der Waals surface area contributed by atoms with Crippen LogP contribution in [-0.4, -0.2) is 12.1 Å². The summed E-state index contributed by atoms with van der Waals surface area (Å²) in [6.07, 6.45) is 2.09. The van der Waals surface area contributed by atoms with Crippen molar-refractivity contribution in [3.8, 4) is 5.75 Å². The number of methoxy groups -OCH3 is 1. The van der Waals surface area contributed by atoms with Crippen LogP contribution in [0.1, 0.15) is 30.6 Å². The van der Waals surface area contributed by atoms with Gasteiger partial charge in [0.1, 0.15) is 11.6 Å². The van der Waals surface area contributed by atoms with E-state index in [1.54, 1.807) is 13.2 Å². The fourth-order valence-corrected chi connectivity index (χ4v) is 2.08. The highest BCUT2D eigenvalue weighted by atomic mass is 19.1. The number of halogens is 1. The monoisotopic (exact) mass is 274 g/mol. The molecule has 0 fully saturated rings. The van der Waals surface area contributed by atoms with E-state index in [-0.39, 0.29) is 11.9 Å². The molecule has 0 aliphatic heterocycles. The van der Waals surface area contributed by atoms with Gasteiger partial charge in [-0.05, 0) is 43.2 Å². The summed E-state index contributed by atoms with van der Waals surface area (Å²) in [5, 5.41) is 3.40. The van der Waals surface area contributed by atoms with Crippen LogP contribution in [0.5, 0.6) is 5.75 Å². The number of hydrogen-bond acceptors (Lipinski definition) is 3. The molecule has 0 bridgehead atoms. The van der Waals surface area contributed by atoms with Crippen molar-refractivity contribution in [1.82, 2.24) is 4.98 Å². The Balaban J connectivity index is 2.24. The lowest BCUT2D eigenvalue weighted by Gasteiger charge is -2.20. The molecule has 0 aliphatic carbocycles. The van der Waals surface area contributed by atoms with Crippen LogP contribution in [0.2, 0.25) is 0 Å². The standard InChI is InChI=1S/C16H19FN2O/c1-4-13(14-8-6-12(17)10-18-14)19-15-7-5-11(2)9-16(15)20-3/h5-10,13,19H,4H2,1-3H3. The van der Waals surface area contributed by atoms with Crippen molar-refractivity contribution in [1.29, 1.82) is 0 Å². The number of ether oxygens (including phenoxy) is 1. The van der Waals surface area contributed by atoms with Crippen LogP contribution < -0.4 is 10.1 Å². The van der Waals surface area contributed by atoms with Crippen LogP contribution in [0.25, 0.3) is 0 Å². The average molecular weight is 274 g/mol. The second kappa shape index (κ2) is 6.37. The minimum absolute atomic E-state index is 0.0206. The largest absolute Gasteiger partial charge is 0.495 e. The summed E-state index contributed by atoms with van der Waals surface area (Å²) in [5.41, 5.74) is 2.87. The first-order chi connectivity index (χ1) is 9.63. The molecular weight excluding hydrogens is 255 g/mol. The van der Waals surface area contributed by atoms with Crippen molar-refractivity contribution in [2.45, 2.75) is 26.3 Å². The van der Waals surface area contributed by atoms with Crippen molar-refractivity contribution in [3.05, 3.63) is 53.6 Å². The molecule has 0 saturated carbocycles. The number of pyridine rings is 1. The molecule has 1 aromatic heterocycles. The van der Waals surface area contributed by atoms with E-state index >= 15 is 0 Å². The van der Waals surface area contributed by atoms with Crippen LogP contribution in [0.3, 0.4) is 0 Å². The minimum Gasteiger partial charge on any atom is -0.495 e. The number of anilines is 1. The van der Waals surface area contributed by atoms with E-state index in [2.05, 4.69) is 17.2 Å². The van der Waals surface area contributed by atoms with Crippen LogP contribution in [-0.2, 0) is 0 Å². The number of hydrogen-bond donors (Lipinski definition) is 1. The summed E-state index contributed by atoms with van der Waals surface area (Å²) < 4.78 is 18.3. The van der Waals surface area contributed by atoms with Gasteiger partial charge in [-0.2, -0.15) is 0 Å². The molecule has 1 aromatic carbocycles. The van der Waals surface area contributed by atoms with Crippen LogP contribution in [0.15, 0.2) is 36.5 Å². The summed E-state index contributed by atoms with van der Waals surface area (Å²) in [6.45, 7) is 4.08. The Morgan fingerprint density at radius 3 is 2.70 bits per heavy atom. The van der Waals surface area contributed by atoms with Gasteiger partial charge >= 0.3 is 0 Å². The van der Waals surface area contributed by atoms with Gasteiger partial charge in [0.05, 0.1) is 30.7 Å².